The average Bonchev–Trinajstić information content (AvgIpc) is 2.00. The molecule has 0 aromatic rings. The van der Waals surface area contributed by atoms with Crippen molar-refractivity contribution in [3.63, 3.8) is 0 Å². The van der Waals surface area contributed by atoms with Gasteiger partial charge in [0.05, 0.1) is 12.7 Å². The molecule has 0 bridgehead atoms. The van der Waals surface area contributed by atoms with Crippen LogP contribution in [0.4, 0.5) is 0 Å². The Morgan fingerprint density at radius 2 is 2.08 bits per heavy atom. The Hall–Kier alpha value is -0.0800. The Balaban J connectivity index is 1.88. The molecule has 2 nitrogen and oxygen atoms in total. The Labute approximate surface area is 81.3 Å². The third-order valence-corrected chi connectivity index (χ3v) is 2.95. The molecule has 0 saturated heterocycles. The van der Waals surface area contributed by atoms with Crippen LogP contribution in [0.5, 0.6) is 0 Å². The number of ether oxygens (including phenoxy) is 1. The summed E-state index contributed by atoms with van der Waals surface area (Å²) in [4.78, 5) is 0. The zero-order valence-electron chi connectivity index (χ0n) is 8.83. The minimum Gasteiger partial charge on any atom is -0.390 e. The molecular weight excluding hydrogens is 164 g/mol. The van der Waals surface area contributed by atoms with Gasteiger partial charge in [-0.2, -0.15) is 0 Å². The Kier molecular flexibility index (Phi) is 4.74. The second-order valence-corrected chi connectivity index (χ2v) is 4.47. The van der Waals surface area contributed by atoms with Crippen LogP contribution in [0.25, 0.3) is 0 Å². The third kappa shape index (κ3) is 4.10. The lowest BCUT2D eigenvalue weighted by Gasteiger charge is -2.25. The van der Waals surface area contributed by atoms with E-state index in [1.165, 1.54) is 25.7 Å². The van der Waals surface area contributed by atoms with Crippen LogP contribution in [0.15, 0.2) is 0 Å². The maximum atomic E-state index is 9.44. The summed E-state index contributed by atoms with van der Waals surface area (Å²) >= 11 is 0. The molecule has 1 unspecified atom stereocenters. The van der Waals surface area contributed by atoms with Crippen LogP contribution in [0.2, 0.25) is 0 Å². The minimum atomic E-state index is -0.290. The highest BCUT2D eigenvalue weighted by molar-refractivity contribution is 4.69. The van der Waals surface area contributed by atoms with Crippen LogP contribution in [0.3, 0.4) is 0 Å². The fourth-order valence-electron chi connectivity index (χ4n) is 1.43. The second-order valence-electron chi connectivity index (χ2n) is 4.47. The maximum absolute atomic E-state index is 9.44. The Bertz CT molecular complexity index is 130. The van der Waals surface area contributed by atoms with Crippen molar-refractivity contribution in [2.45, 2.75) is 45.6 Å². The Morgan fingerprint density at radius 3 is 2.54 bits per heavy atom. The molecule has 0 radical (unpaired) electrons. The number of hydrogen-bond donors (Lipinski definition) is 1. The van der Waals surface area contributed by atoms with E-state index in [2.05, 4.69) is 0 Å². The van der Waals surface area contributed by atoms with Crippen LogP contribution >= 0.6 is 0 Å². The van der Waals surface area contributed by atoms with Crippen molar-refractivity contribution in [2.24, 2.45) is 11.8 Å². The molecule has 1 N–H and O–H groups in total. The van der Waals surface area contributed by atoms with Crippen molar-refractivity contribution in [3.05, 3.63) is 0 Å². The highest BCUT2D eigenvalue weighted by Crippen LogP contribution is 2.29. The zero-order valence-corrected chi connectivity index (χ0v) is 8.83. The minimum absolute atomic E-state index is 0.290. The van der Waals surface area contributed by atoms with Gasteiger partial charge >= 0.3 is 0 Å². The molecule has 0 heterocycles. The number of aliphatic hydroxyl groups is 1. The topological polar surface area (TPSA) is 29.5 Å². The average molecular weight is 186 g/mol. The van der Waals surface area contributed by atoms with Gasteiger partial charge in [0.25, 0.3) is 0 Å². The summed E-state index contributed by atoms with van der Waals surface area (Å²) in [5, 5.41) is 9.44. The maximum Gasteiger partial charge on any atom is 0.0796 e. The first-order chi connectivity index (χ1) is 6.20. The van der Waals surface area contributed by atoms with Gasteiger partial charge < -0.3 is 9.84 Å². The van der Waals surface area contributed by atoms with Crippen LogP contribution in [-0.2, 0) is 4.74 Å². The zero-order chi connectivity index (χ0) is 9.68. The van der Waals surface area contributed by atoms with Gasteiger partial charge in [-0.1, -0.05) is 33.1 Å². The monoisotopic (exact) mass is 186 g/mol. The van der Waals surface area contributed by atoms with E-state index < -0.39 is 0 Å². The molecule has 0 aromatic heterocycles. The standard InChI is InChI=1S/C11H22O2/c1-9(2)11(12)8-13-7-6-10-4-3-5-10/h9-12H,3-8H2,1-2H3. The first-order valence-electron chi connectivity index (χ1n) is 5.46. The van der Waals surface area contributed by atoms with Gasteiger partial charge in [0.2, 0.25) is 0 Å². The van der Waals surface area contributed by atoms with Crippen molar-refractivity contribution in [3.8, 4) is 0 Å². The summed E-state index contributed by atoms with van der Waals surface area (Å²) < 4.78 is 5.41. The lowest BCUT2D eigenvalue weighted by molar-refractivity contribution is 0.00617. The fourth-order valence-corrected chi connectivity index (χ4v) is 1.43. The van der Waals surface area contributed by atoms with E-state index in [0.29, 0.717) is 12.5 Å². The van der Waals surface area contributed by atoms with Crippen LogP contribution in [-0.4, -0.2) is 24.4 Å². The van der Waals surface area contributed by atoms with E-state index in [1.807, 2.05) is 13.8 Å². The van der Waals surface area contributed by atoms with Gasteiger partial charge in [0, 0.05) is 6.61 Å². The first-order valence-corrected chi connectivity index (χ1v) is 5.46. The van der Waals surface area contributed by atoms with Crippen LogP contribution in [0, 0.1) is 11.8 Å². The van der Waals surface area contributed by atoms with Gasteiger partial charge in [0.15, 0.2) is 0 Å². The van der Waals surface area contributed by atoms with Crippen LogP contribution in [0.1, 0.15) is 39.5 Å². The van der Waals surface area contributed by atoms with Gasteiger partial charge in [0.1, 0.15) is 0 Å². The van der Waals surface area contributed by atoms with Gasteiger partial charge in [-0.05, 0) is 18.3 Å². The number of aliphatic hydroxyl groups excluding tert-OH is 1. The van der Waals surface area contributed by atoms with E-state index in [9.17, 15) is 5.11 Å². The second kappa shape index (κ2) is 5.61. The highest BCUT2D eigenvalue weighted by atomic mass is 16.5. The smallest absolute Gasteiger partial charge is 0.0796 e. The largest absolute Gasteiger partial charge is 0.390 e. The molecule has 1 fully saturated rings. The molecular formula is C11H22O2. The predicted octanol–water partition coefficient (Wildman–Crippen LogP) is 2.21. The molecule has 2 heteroatoms. The number of rotatable bonds is 6. The summed E-state index contributed by atoms with van der Waals surface area (Å²) in [7, 11) is 0. The lowest BCUT2D eigenvalue weighted by atomic mass is 9.83. The third-order valence-electron chi connectivity index (χ3n) is 2.95. The van der Waals surface area contributed by atoms with Crippen molar-refractivity contribution in [1.82, 2.24) is 0 Å². The summed E-state index contributed by atoms with van der Waals surface area (Å²) in [5.41, 5.74) is 0. The van der Waals surface area contributed by atoms with Gasteiger partial charge in [-0.15, -0.1) is 0 Å². The molecule has 1 atom stereocenters. The molecule has 1 saturated carbocycles. The number of hydrogen-bond acceptors (Lipinski definition) is 2. The van der Waals surface area contributed by atoms with E-state index in [1.54, 1.807) is 0 Å². The Morgan fingerprint density at radius 1 is 1.38 bits per heavy atom. The van der Waals surface area contributed by atoms with E-state index >= 15 is 0 Å². The highest BCUT2D eigenvalue weighted by Gasteiger charge is 2.17. The summed E-state index contributed by atoms with van der Waals surface area (Å²) in [5.74, 6) is 1.22. The molecule has 0 aromatic carbocycles. The summed E-state index contributed by atoms with van der Waals surface area (Å²) in [6.07, 6.45) is 5.07. The van der Waals surface area contributed by atoms with Gasteiger partial charge in [-0.25, -0.2) is 0 Å². The molecule has 13 heavy (non-hydrogen) atoms. The van der Waals surface area contributed by atoms with E-state index in [-0.39, 0.29) is 6.10 Å². The SMILES string of the molecule is CC(C)C(O)COCCC1CCC1. The molecule has 78 valence electrons. The predicted molar refractivity (Wildman–Crippen MR) is 53.6 cm³/mol. The summed E-state index contributed by atoms with van der Waals surface area (Å²) in [6.45, 7) is 5.36. The summed E-state index contributed by atoms with van der Waals surface area (Å²) in [6, 6.07) is 0. The first kappa shape index (κ1) is 11.0. The molecule has 1 aliphatic rings. The fraction of sp³-hybridized carbons (Fsp3) is 1.00. The normalized spacial score (nSPS) is 20.3. The quantitative estimate of drug-likeness (QED) is 0.644. The van der Waals surface area contributed by atoms with Crippen molar-refractivity contribution in [1.29, 1.82) is 0 Å². The van der Waals surface area contributed by atoms with Crippen LogP contribution < -0.4 is 0 Å². The molecule has 0 amide bonds. The molecule has 0 spiro atoms. The van der Waals surface area contributed by atoms with Crippen molar-refractivity contribution in [2.75, 3.05) is 13.2 Å². The van der Waals surface area contributed by atoms with E-state index in [0.717, 1.165) is 12.5 Å². The lowest BCUT2D eigenvalue weighted by Crippen LogP contribution is -2.22. The van der Waals surface area contributed by atoms with Crippen molar-refractivity contribution < 1.29 is 9.84 Å². The van der Waals surface area contributed by atoms with Crippen molar-refractivity contribution >= 4 is 0 Å². The van der Waals surface area contributed by atoms with Gasteiger partial charge in [-0.3, -0.25) is 0 Å². The van der Waals surface area contributed by atoms with E-state index in [4.69, 9.17) is 4.74 Å². The molecule has 1 aliphatic carbocycles. The molecule has 0 aliphatic heterocycles. The molecule has 1 rings (SSSR count).